The first kappa shape index (κ1) is 13.2. The van der Waals surface area contributed by atoms with E-state index in [0.717, 1.165) is 0 Å². The van der Waals surface area contributed by atoms with Gasteiger partial charge in [-0.1, -0.05) is 56.9 Å². The molecule has 0 spiro atoms. The summed E-state index contributed by atoms with van der Waals surface area (Å²) in [6.45, 7) is 10.8. The summed E-state index contributed by atoms with van der Waals surface area (Å²) in [5, 5.41) is 0. The summed E-state index contributed by atoms with van der Waals surface area (Å²) in [5.74, 6) is 0. The topological polar surface area (TPSA) is 0 Å². The van der Waals surface area contributed by atoms with Crippen LogP contribution < -0.4 is 0 Å². The van der Waals surface area contributed by atoms with E-state index < -0.39 is 0 Å². The standard InChI is InChI=1S/C9H12.C5H12/c1-7-4-5-8(2)9(3)6-7;1-3-5-4-2/h4-6H,1-3H3;3-5H2,1-2H3. The molecule has 0 saturated carbocycles. The molecule has 0 radical (unpaired) electrons. The van der Waals surface area contributed by atoms with Crippen molar-refractivity contribution >= 4 is 0 Å². The van der Waals surface area contributed by atoms with Crippen LogP contribution >= 0.6 is 0 Å². The van der Waals surface area contributed by atoms with Crippen molar-refractivity contribution in [3.8, 4) is 0 Å². The predicted octanol–water partition coefficient (Wildman–Crippen LogP) is 4.81. The van der Waals surface area contributed by atoms with Gasteiger partial charge >= 0.3 is 0 Å². The number of unbranched alkanes of at least 4 members (excludes halogenated alkanes) is 2. The lowest BCUT2D eigenvalue weighted by Gasteiger charge is -1.98. The molecule has 1 rings (SSSR count). The average Bonchev–Trinajstić information content (AvgIpc) is 2.14. The van der Waals surface area contributed by atoms with Gasteiger partial charge in [0.1, 0.15) is 0 Å². The minimum atomic E-state index is 1.34. The zero-order valence-electron chi connectivity index (χ0n) is 10.4. The molecule has 0 aliphatic rings. The molecule has 0 heteroatoms. The highest BCUT2D eigenvalue weighted by Gasteiger charge is 1.89. The number of hydrogen-bond acceptors (Lipinski definition) is 0. The first-order valence-electron chi connectivity index (χ1n) is 5.65. The van der Waals surface area contributed by atoms with Crippen molar-refractivity contribution in [2.75, 3.05) is 0 Å². The molecule has 0 saturated heterocycles. The molecule has 0 unspecified atom stereocenters. The molecule has 0 N–H and O–H groups in total. The summed E-state index contributed by atoms with van der Waals surface area (Å²) in [6, 6.07) is 6.50. The van der Waals surface area contributed by atoms with Crippen molar-refractivity contribution in [3.05, 3.63) is 34.9 Å². The number of benzene rings is 1. The van der Waals surface area contributed by atoms with E-state index in [4.69, 9.17) is 0 Å². The first-order valence-corrected chi connectivity index (χ1v) is 5.65. The maximum absolute atomic E-state index is 2.21. The molecule has 0 aromatic heterocycles. The Morgan fingerprint density at radius 3 is 1.71 bits per heavy atom. The molecule has 0 nitrogen and oxygen atoms in total. The van der Waals surface area contributed by atoms with Crippen LogP contribution in [-0.2, 0) is 0 Å². The summed E-state index contributed by atoms with van der Waals surface area (Å²) in [4.78, 5) is 0. The lowest BCUT2D eigenvalue weighted by Crippen LogP contribution is -1.79. The molecular weight excluding hydrogens is 168 g/mol. The molecule has 0 aliphatic heterocycles. The van der Waals surface area contributed by atoms with Crippen molar-refractivity contribution in [2.45, 2.75) is 53.9 Å². The minimum Gasteiger partial charge on any atom is -0.0654 e. The van der Waals surface area contributed by atoms with Crippen LogP contribution in [0, 0.1) is 20.8 Å². The van der Waals surface area contributed by atoms with E-state index in [2.05, 4.69) is 52.8 Å². The van der Waals surface area contributed by atoms with Gasteiger partial charge in [0, 0.05) is 0 Å². The third-order valence-electron chi connectivity index (χ3n) is 2.37. The van der Waals surface area contributed by atoms with Crippen LogP contribution in [0.2, 0.25) is 0 Å². The van der Waals surface area contributed by atoms with Gasteiger partial charge in [-0.05, 0) is 31.9 Å². The Balaban J connectivity index is 0.000000292. The number of hydrogen-bond donors (Lipinski definition) is 0. The fraction of sp³-hybridized carbons (Fsp3) is 0.571. The molecule has 0 atom stereocenters. The molecule has 0 fully saturated rings. The van der Waals surface area contributed by atoms with Crippen LogP contribution in [0.4, 0.5) is 0 Å². The molecule has 0 aliphatic carbocycles. The zero-order chi connectivity index (χ0) is 11.0. The fourth-order valence-corrected chi connectivity index (χ4v) is 1.24. The SMILES string of the molecule is CCCCC.Cc1ccc(C)c(C)c1. The Hall–Kier alpha value is -0.780. The van der Waals surface area contributed by atoms with Gasteiger partial charge in [-0.3, -0.25) is 0 Å². The van der Waals surface area contributed by atoms with Gasteiger partial charge in [0.2, 0.25) is 0 Å². The predicted molar refractivity (Wildman–Crippen MR) is 65.9 cm³/mol. The maximum Gasteiger partial charge on any atom is -0.0395 e. The number of aryl methyl sites for hydroxylation is 3. The molecule has 0 bridgehead atoms. The monoisotopic (exact) mass is 192 g/mol. The molecule has 14 heavy (non-hydrogen) atoms. The third kappa shape index (κ3) is 5.80. The molecule has 0 heterocycles. The first-order chi connectivity index (χ1) is 6.61. The van der Waals surface area contributed by atoms with E-state index in [0.29, 0.717) is 0 Å². The highest BCUT2D eigenvalue weighted by molar-refractivity contribution is 5.28. The molecule has 80 valence electrons. The quantitative estimate of drug-likeness (QED) is 0.631. The van der Waals surface area contributed by atoms with Crippen LogP contribution in [-0.4, -0.2) is 0 Å². The molecular formula is C14H24. The van der Waals surface area contributed by atoms with Gasteiger partial charge < -0.3 is 0 Å². The molecule has 1 aromatic carbocycles. The van der Waals surface area contributed by atoms with E-state index in [1.165, 1.54) is 36.0 Å². The van der Waals surface area contributed by atoms with E-state index >= 15 is 0 Å². The second kappa shape index (κ2) is 7.61. The summed E-state index contributed by atoms with van der Waals surface area (Å²) in [5.41, 5.74) is 4.11. The van der Waals surface area contributed by atoms with Crippen molar-refractivity contribution in [1.82, 2.24) is 0 Å². The Bertz CT molecular complexity index is 246. The van der Waals surface area contributed by atoms with Crippen LogP contribution in [0.15, 0.2) is 18.2 Å². The lowest BCUT2D eigenvalue weighted by molar-refractivity contribution is 0.772. The Morgan fingerprint density at radius 1 is 0.857 bits per heavy atom. The van der Waals surface area contributed by atoms with Crippen molar-refractivity contribution in [3.63, 3.8) is 0 Å². The summed E-state index contributed by atoms with van der Waals surface area (Å²) < 4.78 is 0. The second-order valence-corrected chi connectivity index (χ2v) is 3.94. The molecule has 1 aromatic rings. The molecule has 0 amide bonds. The largest absolute Gasteiger partial charge is 0.0654 e. The van der Waals surface area contributed by atoms with Gasteiger partial charge in [-0.15, -0.1) is 0 Å². The highest BCUT2D eigenvalue weighted by Crippen LogP contribution is 2.07. The minimum absolute atomic E-state index is 1.34. The van der Waals surface area contributed by atoms with Gasteiger partial charge in [0.25, 0.3) is 0 Å². The maximum atomic E-state index is 2.21. The normalized spacial score (nSPS) is 9.21. The lowest BCUT2D eigenvalue weighted by atomic mass is 10.1. The fourth-order valence-electron chi connectivity index (χ4n) is 1.24. The Morgan fingerprint density at radius 2 is 1.43 bits per heavy atom. The Kier molecular flexibility index (Phi) is 7.18. The zero-order valence-corrected chi connectivity index (χ0v) is 10.4. The average molecular weight is 192 g/mol. The van der Waals surface area contributed by atoms with Crippen molar-refractivity contribution in [2.24, 2.45) is 0 Å². The van der Waals surface area contributed by atoms with Crippen LogP contribution in [0.5, 0.6) is 0 Å². The summed E-state index contributed by atoms with van der Waals surface area (Å²) in [6.07, 6.45) is 4.08. The Labute approximate surface area is 89.4 Å². The van der Waals surface area contributed by atoms with Gasteiger partial charge in [0.15, 0.2) is 0 Å². The van der Waals surface area contributed by atoms with Gasteiger partial charge in [-0.25, -0.2) is 0 Å². The van der Waals surface area contributed by atoms with Gasteiger partial charge in [0.05, 0.1) is 0 Å². The van der Waals surface area contributed by atoms with Crippen LogP contribution in [0.3, 0.4) is 0 Å². The second-order valence-electron chi connectivity index (χ2n) is 3.94. The third-order valence-corrected chi connectivity index (χ3v) is 2.37. The summed E-state index contributed by atoms with van der Waals surface area (Å²) >= 11 is 0. The van der Waals surface area contributed by atoms with Crippen LogP contribution in [0.25, 0.3) is 0 Å². The highest BCUT2D eigenvalue weighted by atomic mass is 13.9. The smallest absolute Gasteiger partial charge is 0.0395 e. The van der Waals surface area contributed by atoms with E-state index in [-0.39, 0.29) is 0 Å². The number of rotatable bonds is 2. The van der Waals surface area contributed by atoms with Crippen molar-refractivity contribution in [1.29, 1.82) is 0 Å². The van der Waals surface area contributed by atoms with Crippen LogP contribution in [0.1, 0.15) is 49.8 Å². The van der Waals surface area contributed by atoms with Crippen molar-refractivity contribution < 1.29 is 0 Å². The van der Waals surface area contributed by atoms with E-state index in [1.54, 1.807) is 0 Å². The van der Waals surface area contributed by atoms with E-state index in [1.807, 2.05) is 0 Å². The summed E-state index contributed by atoms with van der Waals surface area (Å²) in [7, 11) is 0. The van der Waals surface area contributed by atoms with Gasteiger partial charge in [-0.2, -0.15) is 0 Å². The van der Waals surface area contributed by atoms with E-state index in [9.17, 15) is 0 Å².